The van der Waals surface area contributed by atoms with Crippen molar-refractivity contribution in [3.8, 4) is 17.2 Å². The minimum atomic E-state index is -0.347. The number of carbonyl (C=O) groups is 2. The number of nitrogens with one attached hydrogen (secondary N) is 2. The first kappa shape index (κ1) is 22.6. The molecular formula is C20H19BrN4O5S. The van der Waals surface area contributed by atoms with E-state index in [2.05, 4.69) is 36.8 Å². The van der Waals surface area contributed by atoms with E-state index in [-0.39, 0.29) is 18.4 Å². The molecule has 1 aliphatic heterocycles. The molecule has 0 spiro atoms. The molecule has 0 aromatic heterocycles. The molecule has 0 unspecified atom stereocenters. The van der Waals surface area contributed by atoms with E-state index in [1.54, 1.807) is 30.3 Å². The molecule has 2 aromatic rings. The number of thioether (sulfide) groups is 1. The maximum absolute atomic E-state index is 12.3. The summed E-state index contributed by atoms with van der Waals surface area (Å²) in [6.45, 7) is -0.223. The monoisotopic (exact) mass is 506 g/mol. The van der Waals surface area contributed by atoms with Crippen LogP contribution >= 0.6 is 27.7 Å². The Morgan fingerprint density at radius 1 is 1.23 bits per heavy atom. The van der Waals surface area contributed by atoms with Crippen molar-refractivity contribution in [3.05, 3.63) is 46.4 Å². The number of hydrogen-bond acceptors (Lipinski definition) is 8. The predicted octanol–water partition coefficient (Wildman–Crippen LogP) is 3.04. The van der Waals surface area contributed by atoms with E-state index in [0.29, 0.717) is 43.9 Å². The summed E-state index contributed by atoms with van der Waals surface area (Å²) in [5.74, 6) is 1.25. The Kier molecular flexibility index (Phi) is 7.90. The fourth-order valence-corrected chi connectivity index (χ4v) is 3.58. The second kappa shape index (κ2) is 10.8. The first-order valence-electron chi connectivity index (χ1n) is 8.97. The van der Waals surface area contributed by atoms with Gasteiger partial charge in [0.1, 0.15) is 5.75 Å². The average Bonchev–Trinajstić information content (AvgIpc) is 3.18. The molecular weight excluding hydrogens is 488 g/mol. The van der Waals surface area contributed by atoms with Crippen LogP contribution in [0.2, 0.25) is 0 Å². The van der Waals surface area contributed by atoms with Gasteiger partial charge >= 0.3 is 0 Å². The van der Waals surface area contributed by atoms with E-state index < -0.39 is 0 Å². The summed E-state index contributed by atoms with van der Waals surface area (Å²) in [4.78, 5) is 23.5. The smallest absolute Gasteiger partial charge is 0.262 e. The maximum atomic E-state index is 12.3. The molecule has 31 heavy (non-hydrogen) atoms. The minimum absolute atomic E-state index is 0.0990. The highest BCUT2D eigenvalue weighted by molar-refractivity contribution is 9.10. The zero-order valence-electron chi connectivity index (χ0n) is 16.7. The van der Waals surface area contributed by atoms with Crippen LogP contribution in [-0.2, 0) is 9.59 Å². The van der Waals surface area contributed by atoms with Crippen LogP contribution in [0.4, 0.5) is 5.69 Å². The quantitative estimate of drug-likeness (QED) is 0.420. The summed E-state index contributed by atoms with van der Waals surface area (Å²) in [5.41, 5.74) is 1.23. The van der Waals surface area contributed by atoms with Crippen molar-refractivity contribution >= 4 is 56.6 Å². The molecule has 11 heteroatoms. The van der Waals surface area contributed by atoms with E-state index in [1.165, 1.54) is 32.2 Å². The first-order chi connectivity index (χ1) is 15.0. The molecule has 0 radical (unpaired) electrons. The SMILES string of the molecule is COc1ccccc1NC(=O)COc1cc(Br)c(C=NN=C2NC(=O)CS2)cc1OC. The molecule has 1 heterocycles. The van der Waals surface area contributed by atoms with Gasteiger partial charge in [0.25, 0.3) is 5.91 Å². The van der Waals surface area contributed by atoms with Gasteiger partial charge in [0.2, 0.25) is 5.91 Å². The summed E-state index contributed by atoms with van der Waals surface area (Å²) in [7, 11) is 3.03. The van der Waals surface area contributed by atoms with Gasteiger partial charge < -0.3 is 24.8 Å². The largest absolute Gasteiger partial charge is 0.495 e. The first-order valence-corrected chi connectivity index (χ1v) is 10.7. The molecule has 1 aliphatic rings. The van der Waals surface area contributed by atoms with Gasteiger partial charge in [0.15, 0.2) is 23.3 Å². The highest BCUT2D eigenvalue weighted by Crippen LogP contribution is 2.33. The van der Waals surface area contributed by atoms with Gasteiger partial charge in [-0.25, -0.2) is 0 Å². The summed E-state index contributed by atoms with van der Waals surface area (Å²) in [5, 5.41) is 13.7. The molecule has 9 nitrogen and oxygen atoms in total. The molecule has 0 saturated carbocycles. The van der Waals surface area contributed by atoms with E-state index >= 15 is 0 Å². The van der Waals surface area contributed by atoms with Gasteiger partial charge in [-0.2, -0.15) is 5.10 Å². The predicted molar refractivity (Wildman–Crippen MR) is 123 cm³/mol. The lowest BCUT2D eigenvalue weighted by Gasteiger charge is -2.13. The second-order valence-electron chi connectivity index (χ2n) is 6.05. The highest BCUT2D eigenvalue weighted by atomic mass is 79.9. The molecule has 0 atom stereocenters. The number of methoxy groups -OCH3 is 2. The Labute approximate surface area is 191 Å². The zero-order valence-corrected chi connectivity index (χ0v) is 19.1. The van der Waals surface area contributed by atoms with E-state index in [1.807, 2.05) is 6.07 Å². The summed E-state index contributed by atoms with van der Waals surface area (Å²) >= 11 is 4.73. The van der Waals surface area contributed by atoms with E-state index in [0.717, 1.165) is 0 Å². The van der Waals surface area contributed by atoms with E-state index in [9.17, 15) is 9.59 Å². The van der Waals surface area contributed by atoms with Gasteiger partial charge in [-0.15, -0.1) is 5.10 Å². The van der Waals surface area contributed by atoms with Crippen molar-refractivity contribution in [1.29, 1.82) is 0 Å². The molecule has 2 N–H and O–H groups in total. The minimum Gasteiger partial charge on any atom is -0.495 e. The van der Waals surface area contributed by atoms with Crippen LogP contribution in [0.3, 0.4) is 0 Å². The Balaban J connectivity index is 1.65. The standard InChI is InChI=1S/C20H19BrN4O5S/c1-28-15-6-4-3-5-14(15)23-18(26)10-30-17-8-13(21)12(7-16(17)29-2)9-22-25-20-24-19(27)11-31-20/h3-9H,10-11H2,1-2H3,(H,23,26)(H,24,25,27). The molecule has 2 amide bonds. The van der Waals surface area contributed by atoms with Crippen molar-refractivity contribution in [2.75, 3.05) is 31.9 Å². The summed E-state index contributed by atoms with van der Waals surface area (Å²) in [6.07, 6.45) is 1.52. The van der Waals surface area contributed by atoms with Gasteiger partial charge in [0.05, 0.1) is 31.9 Å². The second-order valence-corrected chi connectivity index (χ2v) is 7.87. The van der Waals surface area contributed by atoms with Gasteiger partial charge in [-0.3, -0.25) is 9.59 Å². The third-order valence-corrected chi connectivity index (χ3v) is 5.50. The lowest BCUT2D eigenvalue weighted by molar-refractivity contribution is -0.118. The average molecular weight is 507 g/mol. The molecule has 162 valence electrons. The lowest BCUT2D eigenvalue weighted by Crippen LogP contribution is -2.20. The van der Waals surface area contributed by atoms with Crippen LogP contribution in [0.25, 0.3) is 0 Å². The van der Waals surface area contributed by atoms with Crippen LogP contribution in [0.15, 0.2) is 51.1 Å². The fourth-order valence-electron chi connectivity index (χ4n) is 2.52. The Morgan fingerprint density at radius 2 is 2.00 bits per heavy atom. The number of amides is 2. The summed E-state index contributed by atoms with van der Waals surface area (Å²) in [6, 6.07) is 10.5. The molecule has 1 fully saturated rings. The number of ether oxygens (including phenoxy) is 3. The number of hydrogen-bond donors (Lipinski definition) is 2. The number of rotatable bonds is 8. The van der Waals surface area contributed by atoms with Crippen molar-refractivity contribution in [3.63, 3.8) is 0 Å². The van der Waals surface area contributed by atoms with E-state index in [4.69, 9.17) is 14.2 Å². The third-order valence-electron chi connectivity index (χ3n) is 3.95. The molecule has 3 rings (SSSR count). The number of benzene rings is 2. The van der Waals surface area contributed by atoms with Gasteiger partial charge in [-0.05, 0) is 40.2 Å². The fraction of sp³-hybridized carbons (Fsp3) is 0.200. The number of para-hydroxylation sites is 2. The van der Waals surface area contributed by atoms with Crippen LogP contribution in [-0.4, -0.2) is 49.8 Å². The van der Waals surface area contributed by atoms with Gasteiger partial charge in [0, 0.05) is 10.0 Å². The number of nitrogens with zero attached hydrogens (tertiary/aromatic N) is 2. The number of anilines is 1. The van der Waals surface area contributed by atoms with Crippen molar-refractivity contribution < 1.29 is 23.8 Å². The van der Waals surface area contributed by atoms with Crippen molar-refractivity contribution in [2.24, 2.45) is 10.2 Å². The number of carbonyl (C=O) groups excluding carboxylic acids is 2. The maximum Gasteiger partial charge on any atom is 0.262 e. The Morgan fingerprint density at radius 3 is 2.71 bits per heavy atom. The number of amidine groups is 1. The Bertz CT molecular complexity index is 1040. The molecule has 2 aromatic carbocycles. The number of halogens is 1. The molecule has 0 bridgehead atoms. The summed E-state index contributed by atoms with van der Waals surface area (Å²) < 4.78 is 16.9. The van der Waals surface area contributed by atoms with Crippen LogP contribution in [0.5, 0.6) is 17.2 Å². The van der Waals surface area contributed by atoms with Crippen molar-refractivity contribution in [1.82, 2.24) is 5.32 Å². The molecule has 0 aliphatic carbocycles. The van der Waals surface area contributed by atoms with Crippen LogP contribution in [0.1, 0.15) is 5.56 Å². The van der Waals surface area contributed by atoms with Gasteiger partial charge in [-0.1, -0.05) is 23.9 Å². The Hall–Kier alpha value is -3.05. The molecule has 1 saturated heterocycles. The zero-order chi connectivity index (χ0) is 22.2. The van der Waals surface area contributed by atoms with Crippen LogP contribution < -0.4 is 24.8 Å². The van der Waals surface area contributed by atoms with Crippen LogP contribution in [0, 0.1) is 0 Å². The topological polar surface area (TPSA) is 111 Å². The third kappa shape index (κ3) is 6.22. The normalized spacial score (nSPS) is 14.5. The highest BCUT2D eigenvalue weighted by Gasteiger charge is 2.16. The lowest BCUT2D eigenvalue weighted by atomic mass is 10.2. The van der Waals surface area contributed by atoms with Crippen molar-refractivity contribution in [2.45, 2.75) is 0 Å².